The number of allylic oxidation sites excluding steroid dienone is 1. The van der Waals surface area contributed by atoms with Gasteiger partial charge in [0.15, 0.2) is 11.5 Å². The van der Waals surface area contributed by atoms with Gasteiger partial charge in [0.1, 0.15) is 24.1 Å². The normalized spacial score (nSPS) is 22.8. The van der Waals surface area contributed by atoms with Crippen molar-refractivity contribution < 1.29 is 48.3 Å². The molecule has 0 bridgehead atoms. The molecule has 2 fully saturated rings. The monoisotopic (exact) mass is 1050 g/mol. The first kappa shape index (κ1) is 56.8. The highest BCUT2D eigenvalue weighted by Crippen LogP contribution is 2.62. The van der Waals surface area contributed by atoms with Crippen LogP contribution in [-0.2, 0) is 27.5 Å². The van der Waals surface area contributed by atoms with E-state index in [1.807, 2.05) is 65.6 Å². The first-order valence-electron chi connectivity index (χ1n) is 29.2. The van der Waals surface area contributed by atoms with E-state index in [2.05, 4.69) is 24.9 Å². The van der Waals surface area contributed by atoms with Crippen LogP contribution in [0.1, 0.15) is 177 Å². The van der Waals surface area contributed by atoms with Gasteiger partial charge in [-0.2, -0.15) is 0 Å². The van der Waals surface area contributed by atoms with Crippen LogP contribution in [-0.4, -0.2) is 77.8 Å². The Labute approximate surface area is 452 Å². The van der Waals surface area contributed by atoms with Crippen molar-refractivity contribution in [3.63, 3.8) is 0 Å². The Balaban J connectivity index is 1.19. The molecule has 2 heterocycles. The predicted molar refractivity (Wildman–Crippen MR) is 296 cm³/mol. The van der Waals surface area contributed by atoms with Crippen LogP contribution in [0.2, 0.25) is 0 Å². The molecule has 3 aliphatic carbocycles. The fraction of sp³-hybridized carbons (Fsp3) is 0.603. The second-order valence-corrected chi connectivity index (χ2v) is 21.9. The lowest BCUT2D eigenvalue weighted by Crippen LogP contribution is -2.70. The highest BCUT2D eigenvalue weighted by molar-refractivity contribution is 6.03. The van der Waals surface area contributed by atoms with Crippen LogP contribution in [0, 0.1) is 23.7 Å². The number of aliphatic hydroxyl groups excluding tert-OH is 2. The number of nitrogens with one attached hydrogen (secondary N) is 1. The summed E-state index contributed by atoms with van der Waals surface area (Å²) in [4.78, 5) is 37.3. The van der Waals surface area contributed by atoms with E-state index in [9.17, 15) is 15.0 Å². The number of rotatable bonds is 32. The van der Waals surface area contributed by atoms with E-state index in [4.69, 9.17) is 33.7 Å². The molecule has 2 amide bonds. The quantitative estimate of drug-likeness (QED) is 0.0312. The van der Waals surface area contributed by atoms with E-state index in [0.29, 0.717) is 54.7 Å². The number of ether oxygens (including phenoxy) is 5. The SMILES string of the molecule is C=CCO[C@@]12Oc3ccc(OC(=O)NCCCCCCCCCCCC)cc3[C@H]3[C@H](CCCCO)[C@@H](CCCCO)C=C(C(=NOCc4ccccc4)C[C@@H]1N(Cc1ccc4c(c1)OCO4)C(=O)CCC1CCCC1)[C@H]32. The Bertz CT molecular complexity index is 2370. The number of nitrogens with zero attached hydrogens (tertiary/aromatic N) is 2. The molecule has 2 aliphatic heterocycles. The van der Waals surface area contributed by atoms with Gasteiger partial charge in [0, 0.05) is 50.6 Å². The number of unbranched alkanes of at least 4 members (excludes halogenated alkanes) is 11. The van der Waals surface area contributed by atoms with Crippen molar-refractivity contribution in [2.75, 3.05) is 33.2 Å². The summed E-state index contributed by atoms with van der Waals surface area (Å²) in [6.07, 6.45) is 26.2. The summed E-state index contributed by atoms with van der Waals surface area (Å²) >= 11 is 0. The molecule has 2 saturated carbocycles. The van der Waals surface area contributed by atoms with Crippen molar-refractivity contribution >= 4 is 17.7 Å². The molecule has 8 rings (SSSR count). The Kier molecular flexibility index (Phi) is 22.0. The number of hydrogen-bond acceptors (Lipinski definition) is 11. The molecule has 0 saturated heterocycles. The molecule has 414 valence electrons. The smallest absolute Gasteiger partial charge is 0.412 e. The van der Waals surface area contributed by atoms with Crippen LogP contribution in [0.4, 0.5) is 4.79 Å². The van der Waals surface area contributed by atoms with E-state index >= 15 is 4.79 Å². The minimum Gasteiger partial charge on any atom is -0.459 e. The summed E-state index contributed by atoms with van der Waals surface area (Å²) < 4.78 is 32.6. The lowest BCUT2D eigenvalue weighted by atomic mass is 9.55. The predicted octanol–water partition coefficient (Wildman–Crippen LogP) is 13.3. The maximum atomic E-state index is 15.5. The lowest BCUT2D eigenvalue weighted by Gasteiger charge is -2.60. The van der Waals surface area contributed by atoms with Crippen molar-refractivity contribution in [1.82, 2.24) is 10.2 Å². The third-order valence-corrected chi connectivity index (χ3v) is 16.6. The van der Waals surface area contributed by atoms with Gasteiger partial charge < -0.3 is 49.0 Å². The molecule has 3 N–H and O–H groups in total. The fourth-order valence-corrected chi connectivity index (χ4v) is 12.8. The van der Waals surface area contributed by atoms with Crippen molar-refractivity contribution in [2.24, 2.45) is 28.8 Å². The first-order valence-corrected chi connectivity index (χ1v) is 29.2. The van der Waals surface area contributed by atoms with Gasteiger partial charge in [0.05, 0.1) is 18.2 Å². The molecule has 5 aliphatic rings. The summed E-state index contributed by atoms with van der Waals surface area (Å²) in [5, 5.41) is 28.3. The zero-order chi connectivity index (χ0) is 53.0. The van der Waals surface area contributed by atoms with Crippen LogP contribution in [0.5, 0.6) is 23.0 Å². The molecule has 76 heavy (non-hydrogen) atoms. The zero-order valence-corrected chi connectivity index (χ0v) is 45.4. The minimum absolute atomic E-state index is 0.000573. The van der Waals surface area contributed by atoms with Crippen molar-refractivity contribution in [3.05, 3.63) is 108 Å². The number of fused-ring (bicyclic) bond motifs is 3. The Morgan fingerprint density at radius 2 is 1.54 bits per heavy atom. The van der Waals surface area contributed by atoms with Gasteiger partial charge in [-0.05, 0) is 103 Å². The van der Waals surface area contributed by atoms with E-state index in [1.54, 1.807) is 12.1 Å². The van der Waals surface area contributed by atoms with Gasteiger partial charge in [-0.1, -0.05) is 157 Å². The van der Waals surface area contributed by atoms with E-state index in [-0.39, 0.29) is 69.8 Å². The summed E-state index contributed by atoms with van der Waals surface area (Å²) in [5.74, 6) is 0.581. The number of carbonyl (C=O) groups is 2. The van der Waals surface area contributed by atoms with Gasteiger partial charge in [-0.25, -0.2) is 4.79 Å². The lowest BCUT2D eigenvalue weighted by molar-refractivity contribution is -0.258. The Morgan fingerprint density at radius 1 is 0.816 bits per heavy atom. The molecule has 0 aromatic heterocycles. The van der Waals surface area contributed by atoms with Crippen molar-refractivity contribution in [2.45, 2.75) is 186 Å². The Morgan fingerprint density at radius 3 is 2.29 bits per heavy atom. The Hall–Kier alpha value is -5.37. The number of carbonyl (C=O) groups excluding carboxylic acids is 2. The van der Waals surface area contributed by atoms with Crippen molar-refractivity contribution in [3.8, 4) is 23.0 Å². The van der Waals surface area contributed by atoms with E-state index in [0.717, 1.165) is 92.2 Å². The van der Waals surface area contributed by atoms with Crippen LogP contribution < -0.4 is 24.3 Å². The summed E-state index contributed by atoms with van der Waals surface area (Å²) in [5.41, 5.74) is 4.41. The maximum absolute atomic E-state index is 15.5. The van der Waals surface area contributed by atoms with Gasteiger partial charge in [-0.15, -0.1) is 6.58 Å². The number of amides is 2. The largest absolute Gasteiger partial charge is 0.459 e. The highest BCUT2D eigenvalue weighted by atomic mass is 16.7. The van der Waals surface area contributed by atoms with Gasteiger partial charge in [-0.3, -0.25) is 4.79 Å². The third kappa shape index (κ3) is 14.8. The number of oxime groups is 1. The first-order chi connectivity index (χ1) is 37.3. The molecule has 0 radical (unpaired) electrons. The molecular weight excluding hydrogens is 959 g/mol. The standard InChI is InChI=1S/C63H87N3O10/c1-3-5-6-7-8-9-10-11-12-20-35-64-62(70)75-50-31-33-55-53(41-50)60-51(28-19-22-37-68)49(27-18-21-36-67)40-52-54(65-74-44-47-25-14-13-15-26-47)42-58(63(76-55,61(52)60)73-38-4-2)66(59(69)34-30-46-23-16-17-24-46)43-48-29-32-56-57(39-48)72-45-71-56/h4,13-15,25-26,29,31-33,39-41,46,49,51,58,60-61,67-68H,2-3,5-12,16-24,27-28,30,34-38,42-45H2,1H3,(H,64,70)/t49-,51+,58-,60+,61+,63+/m0/s1. The average Bonchev–Trinajstić information content (AvgIpc) is 4.15. The zero-order valence-electron chi connectivity index (χ0n) is 45.4. The van der Waals surface area contributed by atoms with E-state index in [1.165, 1.54) is 57.8 Å². The minimum atomic E-state index is -1.45. The second-order valence-electron chi connectivity index (χ2n) is 21.9. The topological polar surface area (TPSA) is 158 Å². The number of aliphatic hydroxyl groups is 2. The molecule has 13 nitrogen and oxygen atoms in total. The van der Waals surface area contributed by atoms with Gasteiger partial charge in [0.25, 0.3) is 0 Å². The second kappa shape index (κ2) is 29.4. The molecule has 6 atom stereocenters. The molecule has 0 unspecified atom stereocenters. The van der Waals surface area contributed by atoms with Crippen LogP contribution >= 0.6 is 0 Å². The third-order valence-electron chi connectivity index (χ3n) is 16.6. The highest BCUT2D eigenvalue weighted by Gasteiger charge is 2.65. The number of benzene rings is 3. The molecule has 3 aromatic carbocycles. The molecule has 0 spiro atoms. The van der Waals surface area contributed by atoms with Gasteiger partial charge in [0.2, 0.25) is 18.5 Å². The number of hydrogen-bond donors (Lipinski definition) is 3. The fourth-order valence-electron chi connectivity index (χ4n) is 12.8. The molecule has 3 aromatic rings. The maximum Gasteiger partial charge on any atom is 0.412 e. The van der Waals surface area contributed by atoms with E-state index < -0.39 is 23.8 Å². The van der Waals surface area contributed by atoms with Crippen LogP contribution in [0.15, 0.2) is 96.2 Å². The summed E-state index contributed by atoms with van der Waals surface area (Å²) in [6.45, 7) is 7.86. The van der Waals surface area contributed by atoms with Crippen LogP contribution in [0.3, 0.4) is 0 Å². The molecule has 13 heteroatoms. The summed E-state index contributed by atoms with van der Waals surface area (Å²) in [7, 11) is 0. The van der Waals surface area contributed by atoms with Crippen molar-refractivity contribution in [1.29, 1.82) is 0 Å². The van der Waals surface area contributed by atoms with Crippen LogP contribution in [0.25, 0.3) is 0 Å². The molecular formula is C63H87N3O10. The average molecular weight is 1050 g/mol. The summed E-state index contributed by atoms with van der Waals surface area (Å²) in [6, 6.07) is 20.8. The van der Waals surface area contributed by atoms with Gasteiger partial charge >= 0.3 is 6.09 Å².